The zero-order chi connectivity index (χ0) is 12.1. The Kier molecular flexibility index (Phi) is 4.29. The molecular formula is C14H18N2S. The number of nitrogens with two attached hydrogens (primary N) is 1. The molecule has 0 aliphatic rings. The molecule has 1 heterocycles. The van der Waals surface area contributed by atoms with Crippen LogP contribution in [-0.2, 0) is 12.8 Å². The molecule has 1 aromatic heterocycles. The van der Waals surface area contributed by atoms with Crippen LogP contribution >= 0.6 is 11.3 Å². The molecule has 2 rings (SSSR count). The third kappa shape index (κ3) is 3.65. The SMILES string of the molecule is Cc1nc(CC(CN)Cc2ccccc2)cs1. The largest absolute Gasteiger partial charge is 0.330 e. The Balaban J connectivity index is 1.98. The Bertz CT molecular complexity index is 450. The summed E-state index contributed by atoms with van der Waals surface area (Å²) < 4.78 is 0. The summed E-state index contributed by atoms with van der Waals surface area (Å²) in [6.45, 7) is 2.76. The van der Waals surface area contributed by atoms with Crippen molar-refractivity contribution < 1.29 is 0 Å². The summed E-state index contributed by atoms with van der Waals surface area (Å²) in [5, 5.41) is 3.28. The molecule has 0 saturated heterocycles. The van der Waals surface area contributed by atoms with Crippen molar-refractivity contribution in [3.8, 4) is 0 Å². The fraction of sp³-hybridized carbons (Fsp3) is 0.357. The predicted molar refractivity (Wildman–Crippen MR) is 73.2 cm³/mol. The Hall–Kier alpha value is -1.19. The first-order chi connectivity index (χ1) is 8.28. The molecule has 1 atom stereocenters. The van der Waals surface area contributed by atoms with Gasteiger partial charge in [0.1, 0.15) is 0 Å². The van der Waals surface area contributed by atoms with Crippen molar-refractivity contribution in [2.75, 3.05) is 6.54 Å². The van der Waals surface area contributed by atoms with E-state index in [4.69, 9.17) is 5.73 Å². The first kappa shape index (κ1) is 12.3. The smallest absolute Gasteiger partial charge is 0.0897 e. The average Bonchev–Trinajstić information content (AvgIpc) is 2.75. The highest BCUT2D eigenvalue weighted by Crippen LogP contribution is 2.16. The van der Waals surface area contributed by atoms with Gasteiger partial charge in [-0.1, -0.05) is 30.3 Å². The molecule has 0 radical (unpaired) electrons. The number of hydrogen-bond donors (Lipinski definition) is 1. The van der Waals surface area contributed by atoms with Crippen LogP contribution in [0, 0.1) is 12.8 Å². The maximum absolute atomic E-state index is 5.85. The van der Waals surface area contributed by atoms with Crippen molar-refractivity contribution in [3.63, 3.8) is 0 Å². The molecule has 2 nitrogen and oxygen atoms in total. The van der Waals surface area contributed by atoms with E-state index in [0.717, 1.165) is 17.8 Å². The third-order valence-corrected chi connectivity index (χ3v) is 3.69. The molecular weight excluding hydrogens is 228 g/mol. The molecule has 0 aliphatic carbocycles. The molecule has 2 N–H and O–H groups in total. The lowest BCUT2D eigenvalue weighted by Gasteiger charge is -2.13. The lowest BCUT2D eigenvalue weighted by molar-refractivity contribution is 0.528. The normalized spacial score (nSPS) is 12.6. The average molecular weight is 246 g/mol. The van der Waals surface area contributed by atoms with E-state index in [1.165, 1.54) is 11.3 Å². The minimum atomic E-state index is 0.485. The number of aromatic nitrogens is 1. The zero-order valence-electron chi connectivity index (χ0n) is 10.1. The van der Waals surface area contributed by atoms with Crippen molar-refractivity contribution in [2.24, 2.45) is 11.7 Å². The van der Waals surface area contributed by atoms with Gasteiger partial charge < -0.3 is 5.73 Å². The molecule has 0 aliphatic heterocycles. The second kappa shape index (κ2) is 5.94. The summed E-state index contributed by atoms with van der Waals surface area (Å²) in [4.78, 5) is 4.50. The Morgan fingerprint density at radius 1 is 1.24 bits per heavy atom. The molecule has 0 amide bonds. The summed E-state index contributed by atoms with van der Waals surface area (Å²) in [7, 11) is 0. The number of nitrogens with zero attached hydrogens (tertiary/aromatic N) is 1. The minimum Gasteiger partial charge on any atom is -0.330 e. The summed E-state index contributed by atoms with van der Waals surface area (Å²) >= 11 is 1.71. The van der Waals surface area contributed by atoms with Gasteiger partial charge in [0.2, 0.25) is 0 Å². The van der Waals surface area contributed by atoms with Gasteiger partial charge in [-0.05, 0) is 37.8 Å². The quantitative estimate of drug-likeness (QED) is 0.881. The Labute approximate surface area is 107 Å². The van der Waals surface area contributed by atoms with Crippen molar-refractivity contribution in [2.45, 2.75) is 19.8 Å². The molecule has 0 bridgehead atoms. The van der Waals surface area contributed by atoms with E-state index < -0.39 is 0 Å². The van der Waals surface area contributed by atoms with Crippen LogP contribution in [0.3, 0.4) is 0 Å². The molecule has 1 unspecified atom stereocenters. The highest BCUT2D eigenvalue weighted by atomic mass is 32.1. The molecule has 90 valence electrons. The second-order valence-electron chi connectivity index (χ2n) is 4.35. The predicted octanol–water partition coefficient (Wildman–Crippen LogP) is 2.81. The Morgan fingerprint density at radius 3 is 2.59 bits per heavy atom. The topological polar surface area (TPSA) is 38.9 Å². The number of aryl methyl sites for hydroxylation is 1. The van der Waals surface area contributed by atoms with Gasteiger partial charge in [0.05, 0.1) is 10.7 Å². The van der Waals surface area contributed by atoms with Gasteiger partial charge in [-0.3, -0.25) is 0 Å². The maximum Gasteiger partial charge on any atom is 0.0897 e. The van der Waals surface area contributed by atoms with Gasteiger partial charge >= 0.3 is 0 Å². The van der Waals surface area contributed by atoms with Gasteiger partial charge in [0, 0.05) is 5.38 Å². The van der Waals surface area contributed by atoms with Crippen LogP contribution in [0.1, 0.15) is 16.3 Å². The van der Waals surface area contributed by atoms with Gasteiger partial charge in [-0.25, -0.2) is 4.98 Å². The lowest BCUT2D eigenvalue weighted by Crippen LogP contribution is -2.19. The van der Waals surface area contributed by atoms with Gasteiger partial charge in [-0.2, -0.15) is 0 Å². The third-order valence-electron chi connectivity index (χ3n) is 2.86. The van der Waals surface area contributed by atoms with E-state index in [-0.39, 0.29) is 0 Å². The van der Waals surface area contributed by atoms with Crippen LogP contribution in [0.4, 0.5) is 0 Å². The number of thiazole rings is 1. The molecule has 0 saturated carbocycles. The lowest BCUT2D eigenvalue weighted by atomic mass is 9.95. The van der Waals surface area contributed by atoms with E-state index in [1.807, 2.05) is 13.0 Å². The molecule has 0 fully saturated rings. The van der Waals surface area contributed by atoms with E-state index in [0.29, 0.717) is 12.5 Å². The van der Waals surface area contributed by atoms with Crippen LogP contribution in [0.5, 0.6) is 0 Å². The molecule has 17 heavy (non-hydrogen) atoms. The summed E-state index contributed by atoms with van der Waals surface area (Å²) in [5.74, 6) is 0.485. The highest BCUT2D eigenvalue weighted by molar-refractivity contribution is 7.09. The van der Waals surface area contributed by atoms with Crippen LogP contribution in [0.2, 0.25) is 0 Å². The molecule has 3 heteroatoms. The summed E-state index contributed by atoms with van der Waals surface area (Å²) in [5.41, 5.74) is 8.39. The van der Waals surface area contributed by atoms with Crippen molar-refractivity contribution in [1.29, 1.82) is 0 Å². The van der Waals surface area contributed by atoms with Crippen LogP contribution in [0.15, 0.2) is 35.7 Å². The minimum absolute atomic E-state index is 0.485. The fourth-order valence-corrected chi connectivity index (χ4v) is 2.61. The monoisotopic (exact) mass is 246 g/mol. The van der Waals surface area contributed by atoms with E-state index in [2.05, 4.69) is 34.6 Å². The highest BCUT2D eigenvalue weighted by Gasteiger charge is 2.10. The first-order valence-electron chi connectivity index (χ1n) is 5.93. The van der Waals surface area contributed by atoms with E-state index >= 15 is 0 Å². The van der Waals surface area contributed by atoms with Gasteiger partial charge in [0.15, 0.2) is 0 Å². The zero-order valence-corrected chi connectivity index (χ0v) is 10.9. The molecule has 2 aromatic rings. The van der Waals surface area contributed by atoms with E-state index in [1.54, 1.807) is 11.3 Å². The fourth-order valence-electron chi connectivity index (χ4n) is 1.98. The van der Waals surface area contributed by atoms with Gasteiger partial charge in [-0.15, -0.1) is 11.3 Å². The molecule has 0 spiro atoms. The Morgan fingerprint density at radius 2 is 2.00 bits per heavy atom. The standard InChI is InChI=1S/C14H18N2S/c1-11-16-14(10-17-11)8-13(9-15)7-12-5-3-2-4-6-12/h2-6,10,13H,7-9,15H2,1H3. The van der Waals surface area contributed by atoms with Crippen molar-refractivity contribution in [3.05, 3.63) is 52.0 Å². The maximum atomic E-state index is 5.85. The van der Waals surface area contributed by atoms with E-state index in [9.17, 15) is 0 Å². The van der Waals surface area contributed by atoms with Crippen LogP contribution in [0.25, 0.3) is 0 Å². The second-order valence-corrected chi connectivity index (χ2v) is 5.42. The first-order valence-corrected chi connectivity index (χ1v) is 6.81. The number of benzene rings is 1. The molecule has 1 aromatic carbocycles. The van der Waals surface area contributed by atoms with Gasteiger partial charge in [0.25, 0.3) is 0 Å². The van der Waals surface area contributed by atoms with Crippen molar-refractivity contribution in [1.82, 2.24) is 4.98 Å². The summed E-state index contributed by atoms with van der Waals surface area (Å²) in [6, 6.07) is 10.5. The summed E-state index contributed by atoms with van der Waals surface area (Å²) in [6.07, 6.45) is 2.02. The van der Waals surface area contributed by atoms with Crippen LogP contribution < -0.4 is 5.73 Å². The van der Waals surface area contributed by atoms with Crippen molar-refractivity contribution >= 4 is 11.3 Å². The number of rotatable bonds is 5. The number of hydrogen-bond acceptors (Lipinski definition) is 3. The van der Waals surface area contributed by atoms with Crippen LogP contribution in [-0.4, -0.2) is 11.5 Å².